The van der Waals surface area contributed by atoms with Crippen LogP contribution in [0, 0.1) is 17.8 Å². The Balaban J connectivity index is 1.99. The van der Waals surface area contributed by atoms with Crippen molar-refractivity contribution in [1.29, 1.82) is 0 Å². The zero-order valence-corrected chi connectivity index (χ0v) is 65.6. The fourth-order valence-electron chi connectivity index (χ4n) is 11.5. The lowest BCUT2D eigenvalue weighted by Crippen LogP contribution is -2.62. The summed E-state index contributed by atoms with van der Waals surface area (Å²) in [6, 6.07) is -8.03. The first-order chi connectivity index (χ1) is 54.1. The van der Waals surface area contributed by atoms with Gasteiger partial charge in [-0.25, -0.2) is 9.78 Å². The number of unbranched alkanes of at least 4 members (excludes halogenated alkanes) is 1. The highest BCUT2D eigenvalue weighted by Gasteiger charge is 2.40. The normalized spacial score (nSPS) is 14.8. The van der Waals surface area contributed by atoms with E-state index in [1.807, 2.05) is 0 Å². The number of imidazole rings is 1. The van der Waals surface area contributed by atoms with Crippen LogP contribution in [0.1, 0.15) is 142 Å². The number of aromatic hydroxyl groups is 1. The molecule has 115 heavy (non-hydrogen) atoms. The number of benzene rings is 2. The first-order valence-corrected chi connectivity index (χ1v) is 37.8. The van der Waals surface area contributed by atoms with E-state index in [0.717, 1.165) is 0 Å². The molecule has 634 valence electrons. The molecule has 0 fully saturated rings. The van der Waals surface area contributed by atoms with Gasteiger partial charge < -0.3 is 118 Å². The second-order valence-electron chi connectivity index (χ2n) is 28.4. The number of thiol groups is 1. The number of nitrogens with two attached hydrogens (primary N) is 5. The number of H-pyrrole nitrogens is 1. The van der Waals surface area contributed by atoms with Crippen molar-refractivity contribution in [3.8, 4) is 5.75 Å². The van der Waals surface area contributed by atoms with Crippen LogP contribution in [0.5, 0.6) is 5.75 Å². The molecule has 0 radical (unpaired) electrons. The number of phenols is 1. The molecule has 41 nitrogen and oxygen atoms in total. The predicted molar refractivity (Wildman–Crippen MR) is 413 cm³/mol. The van der Waals surface area contributed by atoms with Crippen LogP contribution in [0.2, 0.25) is 0 Å². The topological polar surface area (TPSA) is 691 Å². The van der Waals surface area contributed by atoms with Crippen LogP contribution in [0.15, 0.2) is 67.1 Å². The highest BCUT2D eigenvalue weighted by atomic mass is 32.1. The molecule has 42 heteroatoms. The number of phenolic OH excluding ortho intramolecular Hbond substituents is 1. The Bertz CT molecular complexity index is 3840. The summed E-state index contributed by atoms with van der Waals surface area (Å²) < 4.78 is 0. The largest absolute Gasteiger partial charge is 0.508 e. The average molecular weight is 1640 g/mol. The molecule has 0 spiro atoms. The molecule has 3 aromatic rings. The van der Waals surface area contributed by atoms with Gasteiger partial charge in [-0.3, -0.25) is 81.5 Å². The van der Waals surface area contributed by atoms with Gasteiger partial charge in [0.05, 0.1) is 31.6 Å². The van der Waals surface area contributed by atoms with Crippen LogP contribution in [0.4, 0.5) is 0 Å². The highest BCUT2D eigenvalue weighted by molar-refractivity contribution is 7.80. The third kappa shape index (κ3) is 36.3. The van der Waals surface area contributed by atoms with E-state index >= 15 is 0 Å². The van der Waals surface area contributed by atoms with E-state index < -0.39 is 254 Å². The van der Waals surface area contributed by atoms with E-state index in [4.69, 9.17) is 28.7 Å². The third-order valence-corrected chi connectivity index (χ3v) is 18.2. The molecule has 0 aliphatic rings. The standard InChI is InChI=1S/C73H109N19O22S/c1-7-38(6)60(92-71(111)48(26-37(4)5)85-63(103)45(20-22-58(97)98)82-62(102)44(15-11-12-24-74)81-66(106)49(27-39-13-9-8-10-14-39)87-69(109)52(30-55(76)94)84-61(101)43(75)34-115)72(112)90-47(25-36(2)3)65(105)83-46(21-23-59(99)100)64(104)89-53(31-56(77)95)70(110)88-51(29-41-33-79-35-80-41)68(108)86-50(28-40-16-18-42(93)19-17-40)67(107)91-54(73(113)114)32-57(78)96/h8-10,13-14,16-19,33,35-38,43-54,60,93,115H,7,11-12,15,20-32,34,74-75H2,1-6H3,(H2,76,94)(H2,77,95)(H2,78,96)(H,79,80)(H,81,106)(H,82,102)(H,83,105)(H,84,101)(H,85,103)(H,86,108)(H,87,109)(H,88,110)(H,89,104)(H,90,112)(H,91,107)(H,92,111)(H,97,98)(H,99,100)(H,113,114)/t38-,43-,44-,45-,46-,47-,48-,49-,50-,51-,52-,53-,54-,60-/m0/s1. The third-order valence-electron chi connectivity index (χ3n) is 17.8. The minimum atomic E-state index is -2.01. The van der Waals surface area contributed by atoms with Gasteiger partial charge in [0.1, 0.15) is 78.3 Å². The lowest BCUT2D eigenvalue weighted by Gasteiger charge is -2.30. The van der Waals surface area contributed by atoms with Crippen molar-refractivity contribution in [3.63, 3.8) is 0 Å². The smallest absolute Gasteiger partial charge is 0.326 e. The van der Waals surface area contributed by atoms with E-state index in [0.29, 0.717) is 17.5 Å². The Kier molecular flexibility index (Phi) is 42.0. The van der Waals surface area contributed by atoms with E-state index in [9.17, 15) is 107 Å². The van der Waals surface area contributed by atoms with Gasteiger partial charge in [0.25, 0.3) is 0 Å². The molecule has 0 saturated carbocycles. The van der Waals surface area contributed by atoms with Crippen LogP contribution in [0.3, 0.4) is 0 Å². The van der Waals surface area contributed by atoms with E-state index in [2.05, 4.69) is 86.4 Å². The number of rotatable bonds is 54. The molecule has 1 heterocycles. The molecule has 14 atom stereocenters. The van der Waals surface area contributed by atoms with Crippen molar-refractivity contribution in [2.24, 2.45) is 46.4 Å². The monoisotopic (exact) mass is 1640 g/mol. The number of hydrogen-bond donors (Lipinski definition) is 23. The van der Waals surface area contributed by atoms with Gasteiger partial charge in [0.2, 0.25) is 88.6 Å². The summed E-state index contributed by atoms with van der Waals surface area (Å²) in [6.07, 6.45) is -3.77. The molecule has 0 aliphatic heterocycles. The average Bonchev–Trinajstić information content (AvgIpc) is 1.31. The Morgan fingerprint density at radius 1 is 0.435 bits per heavy atom. The summed E-state index contributed by atoms with van der Waals surface area (Å²) in [5.41, 5.74) is 28.8. The number of carboxylic acids is 3. The Morgan fingerprint density at radius 3 is 1.19 bits per heavy atom. The maximum absolute atomic E-state index is 14.7. The zero-order valence-electron chi connectivity index (χ0n) is 64.7. The minimum absolute atomic E-state index is 0.137. The van der Waals surface area contributed by atoms with Gasteiger partial charge in [0, 0.05) is 49.7 Å². The first-order valence-electron chi connectivity index (χ1n) is 37.2. The zero-order chi connectivity index (χ0) is 86.3. The minimum Gasteiger partial charge on any atom is -0.508 e. The molecule has 27 N–H and O–H groups in total. The number of amides is 15. The summed E-state index contributed by atoms with van der Waals surface area (Å²) >= 11 is 4.00. The number of carbonyl (C=O) groups excluding carboxylic acids is 15. The molecular weight excluding hydrogens is 1530 g/mol. The molecular formula is C73H109N19O22S. The SMILES string of the molecule is CC[C@H](C)[C@H](NC(=O)[C@H](CC(C)C)NC(=O)[C@H](CCC(=O)O)NC(=O)[C@H](CCCCN)NC(=O)[C@H](Cc1ccccc1)NC(=O)[C@H](CC(N)=O)NC(=O)[C@@H](N)CS)C(=O)N[C@@H](CC(C)C)C(=O)N[C@@H](CCC(=O)O)C(=O)N[C@@H](CC(N)=O)C(=O)N[C@@H](Cc1cnc[nH]1)C(=O)N[C@@H](Cc1ccc(O)cc1)C(=O)N[C@@H](CC(N)=O)C(=O)O. The summed E-state index contributed by atoms with van der Waals surface area (Å²) in [6.45, 7) is 10.0. The highest BCUT2D eigenvalue weighted by Crippen LogP contribution is 2.18. The summed E-state index contributed by atoms with van der Waals surface area (Å²) in [7, 11) is 0. The van der Waals surface area contributed by atoms with Crippen LogP contribution in [-0.4, -0.2) is 228 Å². The Morgan fingerprint density at radius 2 is 0.791 bits per heavy atom. The van der Waals surface area contributed by atoms with Crippen LogP contribution < -0.4 is 92.5 Å². The van der Waals surface area contributed by atoms with Crippen molar-refractivity contribution in [2.45, 2.75) is 223 Å². The van der Waals surface area contributed by atoms with E-state index in [1.165, 1.54) is 36.8 Å². The van der Waals surface area contributed by atoms with Gasteiger partial charge in [-0.1, -0.05) is 90.4 Å². The van der Waals surface area contributed by atoms with Crippen LogP contribution in [0.25, 0.3) is 0 Å². The van der Waals surface area contributed by atoms with Gasteiger partial charge in [-0.15, -0.1) is 0 Å². The maximum atomic E-state index is 14.7. The molecule has 0 aliphatic carbocycles. The van der Waals surface area contributed by atoms with Crippen molar-refractivity contribution in [1.82, 2.24) is 73.8 Å². The fourth-order valence-corrected chi connectivity index (χ4v) is 11.6. The number of nitrogens with one attached hydrogen (secondary N) is 13. The summed E-state index contributed by atoms with van der Waals surface area (Å²) in [5.74, 6) is -22.7. The van der Waals surface area contributed by atoms with Crippen LogP contribution >= 0.6 is 12.6 Å². The molecule has 3 rings (SSSR count). The molecule has 15 amide bonds. The van der Waals surface area contributed by atoms with Gasteiger partial charge >= 0.3 is 17.9 Å². The lowest BCUT2D eigenvalue weighted by molar-refractivity contribution is -0.143. The number of aromatic nitrogens is 2. The summed E-state index contributed by atoms with van der Waals surface area (Å²) in [4.78, 5) is 251. The second-order valence-corrected chi connectivity index (χ2v) is 28.8. The van der Waals surface area contributed by atoms with Crippen molar-refractivity contribution < 1.29 is 107 Å². The predicted octanol–water partition coefficient (Wildman–Crippen LogP) is -5.07. The molecule has 0 unspecified atom stereocenters. The van der Waals surface area contributed by atoms with E-state index in [-0.39, 0.29) is 68.7 Å². The first kappa shape index (κ1) is 97.4. The quantitative estimate of drug-likeness (QED) is 0.0186. The number of carboxylic acid groups (broad SMARTS) is 3. The van der Waals surface area contributed by atoms with Gasteiger partial charge in [-0.2, -0.15) is 12.6 Å². The number of aromatic amines is 1. The molecule has 2 aromatic carbocycles. The summed E-state index contributed by atoms with van der Waals surface area (Å²) in [5, 5.41) is 68.8. The Hall–Kier alpha value is -11.8. The molecule has 1 aromatic heterocycles. The molecule has 0 saturated heterocycles. The Labute approximate surface area is 668 Å². The van der Waals surface area contributed by atoms with Crippen LogP contribution in [-0.2, 0) is 106 Å². The number of primary amides is 3. The number of carbonyl (C=O) groups is 18. The van der Waals surface area contributed by atoms with Crippen molar-refractivity contribution in [3.05, 3.63) is 83.9 Å². The maximum Gasteiger partial charge on any atom is 0.326 e. The van der Waals surface area contributed by atoms with Gasteiger partial charge in [-0.05, 0) is 92.5 Å². The second kappa shape index (κ2) is 49.6. The van der Waals surface area contributed by atoms with Gasteiger partial charge in [0.15, 0.2) is 0 Å². The molecule has 0 bridgehead atoms. The van der Waals surface area contributed by atoms with Crippen molar-refractivity contribution >= 4 is 119 Å². The number of nitrogens with zero attached hydrogens (tertiary/aromatic N) is 1. The fraction of sp³-hybridized carbons (Fsp3) is 0.548. The van der Waals surface area contributed by atoms with Crippen molar-refractivity contribution in [2.75, 3.05) is 12.3 Å². The number of hydrogen-bond acceptors (Lipinski definition) is 23. The number of aliphatic carboxylic acids is 3. The lowest BCUT2D eigenvalue weighted by atomic mass is 9.95. The van der Waals surface area contributed by atoms with E-state index in [1.54, 1.807) is 71.9 Å².